The van der Waals surface area contributed by atoms with Crippen LogP contribution >= 0.6 is 0 Å². The van der Waals surface area contributed by atoms with Crippen molar-refractivity contribution in [3.8, 4) is 5.75 Å². The van der Waals surface area contributed by atoms with Crippen molar-refractivity contribution in [2.24, 2.45) is 0 Å². The van der Waals surface area contributed by atoms with Crippen molar-refractivity contribution in [3.05, 3.63) is 94.5 Å². The van der Waals surface area contributed by atoms with Gasteiger partial charge in [-0.1, -0.05) is 35.9 Å². The summed E-state index contributed by atoms with van der Waals surface area (Å²) >= 11 is 0. The molecule has 0 radical (unpaired) electrons. The van der Waals surface area contributed by atoms with E-state index < -0.39 is 10.0 Å². The third-order valence-electron chi connectivity index (χ3n) is 7.25. The molecule has 0 spiro atoms. The molecule has 0 fully saturated rings. The average molecular weight is 550 g/mol. The zero-order valence-corrected chi connectivity index (χ0v) is 24.3. The van der Waals surface area contributed by atoms with Crippen molar-refractivity contribution < 1.29 is 17.9 Å². The number of rotatable bonds is 9. The third-order valence-corrected chi connectivity index (χ3v) is 9.11. The van der Waals surface area contributed by atoms with Gasteiger partial charge in [0.1, 0.15) is 5.75 Å². The number of hydrogen-bond donors (Lipinski definition) is 1. The topological polar surface area (TPSA) is 79.0 Å². The van der Waals surface area contributed by atoms with Crippen LogP contribution in [0.1, 0.15) is 53.4 Å². The van der Waals surface area contributed by atoms with E-state index in [4.69, 9.17) is 4.74 Å². The molecule has 1 aliphatic rings. The number of sulfonamides is 1. The number of amides is 1. The van der Waals surface area contributed by atoms with Gasteiger partial charge in [0.25, 0.3) is 5.91 Å². The summed E-state index contributed by atoms with van der Waals surface area (Å²) in [4.78, 5) is 15.6. The van der Waals surface area contributed by atoms with Crippen molar-refractivity contribution in [2.75, 3.05) is 26.7 Å². The maximum absolute atomic E-state index is 13.1. The Morgan fingerprint density at radius 1 is 1.00 bits per heavy atom. The van der Waals surface area contributed by atoms with E-state index in [1.54, 1.807) is 25.3 Å². The van der Waals surface area contributed by atoms with E-state index in [0.717, 1.165) is 29.0 Å². The summed E-state index contributed by atoms with van der Waals surface area (Å²) < 4.78 is 33.0. The number of carbonyl (C=O) groups is 1. The highest BCUT2D eigenvalue weighted by Crippen LogP contribution is 2.26. The monoisotopic (exact) mass is 549 g/mol. The van der Waals surface area contributed by atoms with E-state index >= 15 is 0 Å². The van der Waals surface area contributed by atoms with Gasteiger partial charge < -0.3 is 10.1 Å². The van der Waals surface area contributed by atoms with Crippen LogP contribution in [0.2, 0.25) is 0 Å². The zero-order valence-electron chi connectivity index (χ0n) is 23.5. The summed E-state index contributed by atoms with van der Waals surface area (Å²) in [5, 5.41) is 3.06. The minimum atomic E-state index is -3.56. The first kappa shape index (κ1) is 28.8. The summed E-state index contributed by atoms with van der Waals surface area (Å²) in [6.45, 7) is 11.1. The Morgan fingerprint density at radius 2 is 1.69 bits per heavy atom. The molecule has 39 heavy (non-hydrogen) atoms. The Labute approximate surface area is 232 Å². The fourth-order valence-electron chi connectivity index (χ4n) is 4.74. The van der Waals surface area contributed by atoms with E-state index in [2.05, 4.69) is 43.1 Å². The van der Waals surface area contributed by atoms with Crippen LogP contribution < -0.4 is 10.1 Å². The van der Waals surface area contributed by atoms with Crippen LogP contribution in [0.4, 0.5) is 0 Å². The first-order valence-corrected chi connectivity index (χ1v) is 14.8. The lowest BCUT2D eigenvalue weighted by Crippen LogP contribution is -2.45. The molecule has 0 saturated heterocycles. The van der Waals surface area contributed by atoms with Crippen LogP contribution in [0.25, 0.3) is 0 Å². The minimum absolute atomic E-state index is 0.0682. The number of nitrogens with zero attached hydrogens (tertiary/aromatic N) is 2. The van der Waals surface area contributed by atoms with Crippen LogP contribution in [-0.4, -0.2) is 55.8 Å². The molecule has 1 aliphatic heterocycles. The van der Waals surface area contributed by atoms with Crippen LogP contribution in [0.3, 0.4) is 0 Å². The Kier molecular flexibility index (Phi) is 8.79. The molecular formula is C31H39N3O4S. The first-order valence-electron chi connectivity index (χ1n) is 13.3. The van der Waals surface area contributed by atoms with Gasteiger partial charge in [0.15, 0.2) is 0 Å². The Morgan fingerprint density at radius 3 is 2.33 bits per heavy atom. The number of benzene rings is 3. The van der Waals surface area contributed by atoms with Crippen LogP contribution in [-0.2, 0) is 29.5 Å². The summed E-state index contributed by atoms with van der Waals surface area (Å²) in [5.41, 5.74) is 4.69. The lowest BCUT2D eigenvalue weighted by atomic mass is 9.98. The van der Waals surface area contributed by atoms with Crippen LogP contribution in [0.15, 0.2) is 71.6 Å². The highest BCUT2D eigenvalue weighted by atomic mass is 32.2. The maximum atomic E-state index is 13.1. The smallest absolute Gasteiger partial charge is 0.251 e. The van der Waals surface area contributed by atoms with Gasteiger partial charge in [-0.2, -0.15) is 4.31 Å². The van der Waals surface area contributed by atoms with Gasteiger partial charge in [-0.3, -0.25) is 9.69 Å². The molecule has 0 aromatic heterocycles. The second-order valence-corrected chi connectivity index (χ2v) is 13.0. The SMILES string of the molecule is COc1ccc(CN(CCNC(=O)c2ccc3c(c2)CCN(S(=O)(=O)c2ccc(C)cc2)C3)C(C)(C)C)cc1. The molecule has 1 amide bonds. The normalized spacial score (nSPS) is 14.2. The molecule has 8 heteroatoms. The number of fused-ring (bicyclic) bond motifs is 1. The second-order valence-electron chi connectivity index (χ2n) is 11.1. The number of ether oxygens (including phenoxy) is 1. The van der Waals surface area contributed by atoms with Crippen LogP contribution in [0, 0.1) is 6.92 Å². The Bertz CT molecular complexity index is 1400. The fraction of sp³-hybridized carbons (Fsp3) is 0.387. The molecule has 0 bridgehead atoms. The molecule has 0 atom stereocenters. The van der Waals surface area contributed by atoms with Crippen molar-refractivity contribution in [2.45, 2.75) is 57.6 Å². The molecule has 1 heterocycles. The molecule has 1 N–H and O–H groups in total. The summed E-state index contributed by atoms with van der Waals surface area (Å²) in [6, 6.07) is 20.6. The lowest BCUT2D eigenvalue weighted by molar-refractivity contribution is 0.0921. The predicted molar refractivity (Wildman–Crippen MR) is 154 cm³/mol. The zero-order chi connectivity index (χ0) is 28.2. The molecular weight excluding hydrogens is 510 g/mol. The van der Waals surface area contributed by atoms with Gasteiger partial charge in [0.05, 0.1) is 12.0 Å². The first-order chi connectivity index (χ1) is 18.5. The number of aryl methyl sites for hydroxylation is 1. The van der Waals surface area contributed by atoms with Gasteiger partial charge in [0, 0.05) is 43.8 Å². The van der Waals surface area contributed by atoms with E-state index in [-0.39, 0.29) is 11.4 Å². The average Bonchev–Trinajstić information content (AvgIpc) is 2.91. The van der Waals surface area contributed by atoms with Crippen molar-refractivity contribution >= 4 is 15.9 Å². The minimum Gasteiger partial charge on any atom is -0.497 e. The van der Waals surface area contributed by atoms with E-state index in [0.29, 0.717) is 43.1 Å². The number of hydrogen-bond acceptors (Lipinski definition) is 5. The third kappa shape index (κ3) is 7.06. The Balaban J connectivity index is 1.36. The van der Waals surface area contributed by atoms with Crippen LogP contribution in [0.5, 0.6) is 5.75 Å². The number of methoxy groups -OCH3 is 1. The van der Waals surface area contributed by atoms with Gasteiger partial charge in [-0.05, 0) is 87.2 Å². The lowest BCUT2D eigenvalue weighted by Gasteiger charge is -2.36. The fourth-order valence-corrected chi connectivity index (χ4v) is 6.16. The van der Waals surface area contributed by atoms with Crippen molar-refractivity contribution in [1.29, 1.82) is 0 Å². The largest absolute Gasteiger partial charge is 0.497 e. The van der Waals surface area contributed by atoms with E-state index in [9.17, 15) is 13.2 Å². The molecule has 208 valence electrons. The highest BCUT2D eigenvalue weighted by molar-refractivity contribution is 7.89. The molecule has 3 aromatic rings. The van der Waals surface area contributed by atoms with Crippen molar-refractivity contribution in [1.82, 2.24) is 14.5 Å². The molecule has 0 saturated carbocycles. The summed E-state index contributed by atoms with van der Waals surface area (Å²) in [5.74, 6) is 0.713. The molecule has 3 aromatic carbocycles. The van der Waals surface area contributed by atoms with Gasteiger partial charge in [-0.25, -0.2) is 8.42 Å². The predicted octanol–water partition coefficient (Wildman–Crippen LogP) is 4.78. The quantitative estimate of drug-likeness (QED) is 0.416. The van der Waals surface area contributed by atoms with Gasteiger partial charge >= 0.3 is 0 Å². The number of nitrogens with one attached hydrogen (secondary N) is 1. The van der Waals surface area contributed by atoms with Gasteiger partial charge in [0.2, 0.25) is 10.0 Å². The molecule has 0 unspecified atom stereocenters. The summed E-state index contributed by atoms with van der Waals surface area (Å²) in [7, 11) is -1.90. The standard InChI is InChI=1S/C31H39N3O4S/c1-23-6-14-29(15-7-23)39(36,37)34-18-16-25-20-26(10-11-27(25)22-34)30(35)32-17-19-33(31(2,3)4)21-24-8-12-28(38-5)13-9-24/h6-15,20H,16-19,21-22H2,1-5H3,(H,32,35). The molecule has 0 aliphatic carbocycles. The van der Waals surface area contributed by atoms with E-state index in [1.807, 2.05) is 43.3 Å². The van der Waals surface area contributed by atoms with Gasteiger partial charge in [-0.15, -0.1) is 0 Å². The van der Waals surface area contributed by atoms with Crippen molar-refractivity contribution in [3.63, 3.8) is 0 Å². The number of carbonyl (C=O) groups excluding carboxylic acids is 1. The second kappa shape index (κ2) is 11.9. The van der Waals surface area contributed by atoms with E-state index in [1.165, 1.54) is 9.87 Å². The summed E-state index contributed by atoms with van der Waals surface area (Å²) in [6.07, 6.45) is 0.571. The molecule has 7 nitrogen and oxygen atoms in total. The Hall–Kier alpha value is -3.20. The highest BCUT2D eigenvalue weighted by Gasteiger charge is 2.29. The maximum Gasteiger partial charge on any atom is 0.251 e. The molecule has 4 rings (SSSR count).